The van der Waals surface area contributed by atoms with E-state index in [1.165, 1.54) is 15.3 Å². The molecule has 0 amide bonds. The number of aryl methyl sites for hydroxylation is 2. The van der Waals surface area contributed by atoms with Gasteiger partial charge in [0, 0.05) is 16.3 Å². The van der Waals surface area contributed by atoms with Crippen LogP contribution in [0.5, 0.6) is 0 Å². The number of rotatable bonds is 4. The van der Waals surface area contributed by atoms with E-state index in [-0.39, 0.29) is 0 Å². The molecule has 0 atom stereocenters. The van der Waals surface area contributed by atoms with Crippen molar-refractivity contribution in [3.63, 3.8) is 0 Å². The Hall–Kier alpha value is -0.600. The predicted octanol–water partition coefficient (Wildman–Crippen LogP) is 2.99. The lowest BCUT2D eigenvalue weighted by atomic mass is 10.2. The van der Waals surface area contributed by atoms with Gasteiger partial charge < -0.3 is 5.32 Å². The van der Waals surface area contributed by atoms with E-state index in [0.29, 0.717) is 0 Å². The van der Waals surface area contributed by atoms with Gasteiger partial charge in [0.1, 0.15) is 0 Å². The first-order valence-corrected chi connectivity index (χ1v) is 5.50. The Bertz CT molecular complexity index is 286. The van der Waals surface area contributed by atoms with Crippen molar-refractivity contribution in [2.24, 2.45) is 0 Å². The molecule has 0 bridgehead atoms. The van der Waals surface area contributed by atoms with Gasteiger partial charge in [-0.05, 0) is 32.0 Å². The molecule has 13 heavy (non-hydrogen) atoms. The van der Waals surface area contributed by atoms with E-state index in [4.69, 9.17) is 0 Å². The van der Waals surface area contributed by atoms with Crippen LogP contribution >= 0.6 is 11.3 Å². The average Bonchev–Trinajstić information content (AvgIpc) is 2.39. The molecule has 1 nitrogen and oxygen atoms in total. The summed E-state index contributed by atoms with van der Waals surface area (Å²) >= 11 is 1.86. The Kier molecular flexibility index (Phi) is 4.19. The van der Waals surface area contributed by atoms with Gasteiger partial charge in [-0.3, -0.25) is 0 Å². The Balaban J connectivity index is 2.53. The minimum Gasteiger partial charge on any atom is -0.314 e. The van der Waals surface area contributed by atoms with E-state index in [1.807, 2.05) is 11.3 Å². The molecule has 1 N–H and O–H groups in total. The monoisotopic (exact) mass is 195 g/mol. The first-order valence-electron chi connectivity index (χ1n) is 4.68. The second-order valence-electron chi connectivity index (χ2n) is 3.08. The lowest BCUT2D eigenvalue weighted by Crippen LogP contribution is -2.11. The third kappa shape index (κ3) is 3.33. The van der Waals surface area contributed by atoms with E-state index >= 15 is 0 Å². The highest BCUT2D eigenvalue weighted by molar-refractivity contribution is 7.12. The van der Waals surface area contributed by atoms with Crippen molar-refractivity contribution in [2.75, 3.05) is 13.1 Å². The lowest BCUT2D eigenvalue weighted by molar-refractivity contribution is 0.801. The van der Waals surface area contributed by atoms with Crippen LogP contribution in [-0.4, -0.2) is 13.1 Å². The molecule has 0 fully saturated rings. The molecule has 72 valence electrons. The maximum Gasteiger partial charge on any atom is 0.0138 e. The van der Waals surface area contributed by atoms with Gasteiger partial charge in [-0.1, -0.05) is 19.1 Å². The number of likely N-dealkylation sites (N-methyl/N-ethyl adjacent to an activating group) is 1. The first kappa shape index (κ1) is 10.5. The molecule has 2 heteroatoms. The molecule has 0 saturated carbocycles. The molecule has 1 rings (SSSR count). The van der Waals surface area contributed by atoms with Gasteiger partial charge in [0.15, 0.2) is 0 Å². The predicted molar refractivity (Wildman–Crippen MR) is 61.4 cm³/mol. The first-order chi connectivity index (χ1) is 6.24. The zero-order valence-corrected chi connectivity index (χ0v) is 9.37. The Morgan fingerprint density at radius 3 is 2.77 bits per heavy atom. The number of thiophene rings is 1. The second-order valence-corrected chi connectivity index (χ2v) is 4.54. The fourth-order valence-corrected chi connectivity index (χ4v) is 2.14. The minimum atomic E-state index is 0.963. The minimum absolute atomic E-state index is 0.963. The highest BCUT2D eigenvalue weighted by atomic mass is 32.1. The van der Waals surface area contributed by atoms with Gasteiger partial charge in [-0.15, -0.1) is 11.3 Å². The van der Waals surface area contributed by atoms with Gasteiger partial charge in [0.2, 0.25) is 0 Å². The van der Waals surface area contributed by atoms with Crippen LogP contribution in [0.25, 0.3) is 6.08 Å². The van der Waals surface area contributed by atoms with E-state index in [1.54, 1.807) is 0 Å². The molecule has 0 aliphatic heterocycles. The summed E-state index contributed by atoms with van der Waals surface area (Å²) in [6, 6.07) is 2.24. The van der Waals surface area contributed by atoms with Crippen molar-refractivity contribution in [1.82, 2.24) is 5.32 Å². The molecule has 0 aliphatic rings. The fourth-order valence-electron chi connectivity index (χ4n) is 1.23. The van der Waals surface area contributed by atoms with Crippen LogP contribution in [0.1, 0.15) is 22.2 Å². The summed E-state index contributed by atoms with van der Waals surface area (Å²) in [5.41, 5.74) is 1.36. The summed E-state index contributed by atoms with van der Waals surface area (Å²) in [6.45, 7) is 8.44. The van der Waals surface area contributed by atoms with Crippen molar-refractivity contribution in [1.29, 1.82) is 0 Å². The Labute approximate surface area is 84.5 Å². The topological polar surface area (TPSA) is 12.0 Å². The Morgan fingerprint density at radius 1 is 1.46 bits per heavy atom. The van der Waals surface area contributed by atoms with E-state index in [9.17, 15) is 0 Å². The van der Waals surface area contributed by atoms with Crippen LogP contribution in [-0.2, 0) is 0 Å². The molecule has 1 aromatic rings. The summed E-state index contributed by atoms with van der Waals surface area (Å²) in [4.78, 5) is 2.80. The Morgan fingerprint density at radius 2 is 2.23 bits per heavy atom. The SMILES string of the molecule is CCNCC=Cc1cc(C)sc1C. The van der Waals surface area contributed by atoms with Crippen molar-refractivity contribution in [3.05, 3.63) is 27.5 Å². The highest BCUT2D eigenvalue weighted by Crippen LogP contribution is 2.21. The molecule has 0 saturated heterocycles. The molecular formula is C11H17NS. The van der Waals surface area contributed by atoms with Crippen molar-refractivity contribution < 1.29 is 0 Å². The van der Waals surface area contributed by atoms with Crippen molar-refractivity contribution in [2.45, 2.75) is 20.8 Å². The summed E-state index contributed by atoms with van der Waals surface area (Å²) in [7, 11) is 0. The maximum atomic E-state index is 3.26. The zero-order valence-electron chi connectivity index (χ0n) is 8.55. The van der Waals surface area contributed by atoms with Crippen LogP contribution in [0.15, 0.2) is 12.1 Å². The standard InChI is InChI=1S/C11H17NS/c1-4-12-7-5-6-11-8-9(2)13-10(11)3/h5-6,8,12H,4,7H2,1-3H3. The van der Waals surface area contributed by atoms with Crippen LogP contribution in [0.3, 0.4) is 0 Å². The van der Waals surface area contributed by atoms with Crippen LogP contribution in [0, 0.1) is 13.8 Å². The molecule has 0 unspecified atom stereocenters. The summed E-state index contributed by atoms with van der Waals surface area (Å²) < 4.78 is 0. The quantitative estimate of drug-likeness (QED) is 0.728. The molecular weight excluding hydrogens is 178 g/mol. The summed E-state index contributed by atoms with van der Waals surface area (Å²) in [5.74, 6) is 0. The second kappa shape index (κ2) is 5.20. The zero-order chi connectivity index (χ0) is 9.68. The van der Waals surface area contributed by atoms with Crippen molar-refractivity contribution >= 4 is 17.4 Å². The van der Waals surface area contributed by atoms with Gasteiger partial charge >= 0.3 is 0 Å². The third-order valence-electron chi connectivity index (χ3n) is 1.89. The van der Waals surface area contributed by atoms with Crippen LogP contribution < -0.4 is 5.32 Å². The van der Waals surface area contributed by atoms with E-state index < -0.39 is 0 Å². The van der Waals surface area contributed by atoms with Gasteiger partial charge in [0.25, 0.3) is 0 Å². The van der Waals surface area contributed by atoms with Gasteiger partial charge in [0.05, 0.1) is 0 Å². The average molecular weight is 195 g/mol. The van der Waals surface area contributed by atoms with E-state index in [0.717, 1.165) is 13.1 Å². The fraction of sp³-hybridized carbons (Fsp3) is 0.455. The maximum absolute atomic E-state index is 3.26. The molecule has 1 aromatic heterocycles. The van der Waals surface area contributed by atoms with E-state index in [2.05, 4.69) is 44.3 Å². The lowest BCUT2D eigenvalue weighted by Gasteiger charge is -1.93. The molecule has 1 heterocycles. The summed E-state index contributed by atoms with van der Waals surface area (Å²) in [6.07, 6.45) is 4.37. The highest BCUT2D eigenvalue weighted by Gasteiger charge is 1.97. The normalized spacial score (nSPS) is 11.3. The van der Waals surface area contributed by atoms with Crippen LogP contribution in [0.4, 0.5) is 0 Å². The molecule has 0 radical (unpaired) electrons. The largest absolute Gasteiger partial charge is 0.314 e. The third-order valence-corrected chi connectivity index (χ3v) is 2.87. The van der Waals surface area contributed by atoms with Gasteiger partial charge in [-0.25, -0.2) is 0 Å². The summed E-state index contributed by atoms with van der Waals surface area (Å²) in [5, 5.41) is 3.26. The molecule has 0 spiro atoms. The number of hydrogen-bond acceptors (Lipinski definition) is 2. The number of nitrogens with one attached hydrogen (secondary N) is 1. The number of hydrogen-bond donors (Lipinski definition) is 1. The van der Waals surface area contributed by atoms with Crippen molar-refractivity contribution in [3.8, 4) is 0 Å². The van der Waals surface area contributed by atoms with Crippen LogP contribution in [0.2, 0.25) is 0 Å². The smallest absolute Gasteiger partial charge is 0.0138 e. The molecule has 0 aliphatic carbocycles. The van der Waals surface area contributed by atoms with Gasteiger partial charge in [-0.2, -0.15) is 0 Å². The molecule has 0 aromatic carbocycles.